The zero-order chi connectivity index (χ0) is 20.1. The van der Waals surface area contributed by atoms with Gasteiger partial charge < -0.3 is 10.2 Å². The smallest absolute Gasteiger partial charge is 0.253 e. The van der Waals surface area contributed by atoms with Crippen molar-refractivity contribution in [1.29, 1.82) is 0 Å². The number of benzene rings is 2. The first-order chi connectivity index (χ1) is 14.2. The van der Waals surface area contributed by atoms with Crippen molar-refractivity contribution in [1.82, 2.24) is 20.0 Å². The Morgan fingerprint density at radius 2 is 1.62 bits per heavy atom. The molecular weight excluding hydrogens is 364 g/mol. The Hall–Kier alpha value is -3.41. The molecule has 1 saturated heterocycles. The highest BCUT2D eigenvalue weighted by Crippen LogP contribution is 2.14. The third-order valence-corrected chi connectivity index (χ3v) is 5.19. The Balaban J connectivity index is 1.26. The molecule has 29 heavy (non-hydrogen) atoms. The lowest BCUT2D eigenvalue weighted by Crippen LogP contribution is -2.46. The van der Waals surface area contributed by atoms with E-state index in [0.717, 1.165) is 24.1 Å². The van der Waals surface area contributed by atoms with Gasteiger partial charge in [0.2, 0.25) is 5.91 Å². The van der Waals surface area contributed by atoms with E-state index in [1.165, 1.54) is 0 Å². The zero-order valence-electron chi connectivity index (χ0n) is 16.2. The molecule has 6 heteroatoms. The summed E-state index contributed by atoms with van der Waals surface area (Å²) in [7, 11) is 0. The molecule has 148 valence electrons. The molecule has 0 spiro atoms. The fourth-order valence-electron chi connectivity index (χ4n) is 3.63. The Bertz CT molecular complexity index is 961. The summed E-state index contributed by atoms with van der Waals surface area (Å²) in [5.41, 5.74) is 2.56. The molecule has 2 heterocycles. The van der Waals surface area contributed by atoms with E-state index in [0.29, 0.717) is 25.1 Å². The van der Waals surface area contributed by atoms with Crippen LogP contribution >= 0.6 is 0 Å². The van der Waals surface area contributed by atoms with Crippen LogP contribution in [0, 0.1) is 0 Å². The highest BCUT2D eigenvalue weighted by molar-refractivity contribution is 5.94. The van der Waals surface area contributed by atoms with Crippen LogP contribution < -0.4 is 5.32 Å². The number of nitrogens with one attached hydrogen (secondary N) is 1. The minimum atomic E-state index is -0.00884. The summed E-state index contributed by atoms with van der Waals surface area (Å²) in [6.45, 7) is 1.31. The van der Waals surface area contributed by atoms with Gasteiger partial charge in [-0.3, -0.25) is 9.59 Å². The fraction of sp³-hybridized carbons (Fsp3) is 0.261. The van der Waals surface area contributed by atoms with Crippen molar-refractivity contribution in [3.8, 4) is 5.69 Å². The molecule has 1 aromatic heterocycles. The van der Waals surface area contributed by atoms with Gasteiger partial charge in [-0.15, -0.1) is 0 Å². The lowest BCUT2D eigenvalue weighted by molar-refractivity contribution is -0.121. The normalized spacial score (nSPS) is 14.6. The van der Waals surface area contributed by atoms with Gasteiger partial charge in [0.15, 0.2) is 0 Å². The zero-order valence-corrected chi connectivity index (χ0v) is 16.2. The Kier molecular flexibility index (Phi) is 5.70. The average molecular weight is 388 g/mol. The van der Waals surface area contributed by atoms with Crippen LogP contribution in [0.15, 0.2) is 73.1 Å². The molecule has 1 N–H and O–H groups in total. The maximum atomic E-state index is 12.5. The van der Waals surface area contributed by atoms with Crippen molar-refractivity contribution in [3.05, 3.63) is 84.2 Å². The number of nitrogens with zero attached hydrogens (tertiary/aromatic N) is 3. The number of likely N-dealkylation sites (tertiary alicyclic amines) is 1. The first kappa shape index (κ1) is 18.9. The van der Waals surface area contributed by atoms with Crippen LogP contribution in [0.5, 0.6) is 0 Å². The van der Waals surface area contributed by atoms with Crippen LogP contribution in [0.4, 0.5) is 0 Å². The molecule has 6 nitrogen and oxygen atoms in total. The van der Waals surface area contributed by atoms with Gasteiger partial charge in [0.25, 0.3) is 5.91 Å². The summed E-state index contributed by atoms with van der Waals surface area (Å²) in [6, 6.07) is 19.3. The molecule has 2 amide bonds. The monoisotopic (exact) mass is 388 g/mol. The number of rotatable bonds is 5. The predicted octanol–water partition coefficient (Wildman–Crippen LogP) is 2.84. The Morgan fingerprint density at radius 3 is 2.31 bits per heavy atom. The number of aromatic nitrogens is 2. The van der Waals surface area contributed by atoms with Crippen molar-refractivity contribution in [2.45, 2.75) is 25.3 Å². The molecule has 0 bridgehead atoms. The first-order valence-corrected chi connectivity index (χ1v) is 9.92. The second kappa shape index (κ2) is 8.73. The van der Waals surface area contributed by atoms with Crippen molar-refractivity contribution in [2.24, 2.45) is 0 Å². The lowest BCUT2D eigenvalue weighted by atomic mass is 10.0. The summed E-state index contributed by atoms with van der Waals surface area (Å²) in [5, 5.41) is 7.44. The second-order valence-electron chi connectivity index (χ2n) is 7.31. The summed E-state index contributed by atoms with van der Waals surface area (Å²) in [4.78, 5) is 26.8. The SMILES string of the molecule is O=C(Cc1cnn(-c2ccccc2)c1)NC1CCN(C(=O)c2ccccc2)CC1. The Morgan fingerprint density at radius 1 is 0.966 bits per heavy atom. The molecule has 4 rings (SSSR count). The highest BCUT2D eigenvalue weighted by atomic mass is 16.2. The van der Waals surface area contributed by atoms with Gasteiger partial charge in [0.05, 0.1) is 18.3 Å². The van der Waals surface area contributed by atoms with Gasteiger partial charge in [0, 0.05) is 30.9 Å². The van der Waals surface area contributed by atoms with Crippen LogP contribution in [0.25, 0.3) is 5.69 Å². The largest absolute Gasteiger partial charge is 0.353 e. The van der Waals surface area contributed by atoms with Crippen molar-refractivity contribution >= 4 is 11.8 Å². The Labute approximate surface area is 170 Å². The molecule has 3 aromatic rings. The van der Waals surface area contributed by atoms with Crippen molar-refractivity contribution < 1.29 is 9.59 Å². The summed E-state index contributed by atoms with van der Waals surface area (Å²) in [6.07, 6.45) is 5.46. The van der Waals surface area contributed by atoms with E-state index < -0.39 is 0 Å². The topological polar surface area (TPSA) is 67.2 Å². The number of hydrogen-bond acceptors (Lipinski definition) is 3. The van der Waals surface area contributed by atoms with Crippen molar-refractivity contribution in [2.75, 3.05) is 13.1 Å². The molecule has 1 aliphatic rings. The molecule has 1 aliphatic heterocycles. The minimum absolute atomic E-state index is 0.00884. The van der Waals surface area contributed by atoms with E-state index in [2.05, 4.69) is 10.4 Å². The lowest BCUT2D eigenvalue weighted by Gasteiger charge is -2.32. The van der Waals surface area contributed by atoms with Crippen LogP contribution in [0.2, 0.25) is 0 Å². The average Bonchev–Trinajstić information content (AvgIpc) is 3.23. The predicted molar refractivity (Wildman–Crippen MR) is 111 cm³/mol. The summed E-state index contributed by atoms with van der Waals surface area (Å²) < 4.78 is 1.77. The van der Waals surface area contributed by atoms with Gasteiger partial charge >= 0.3 is 0 Å². The van der Waals surface area contributed by atoms with Gasteiger partial charge in [-0.1, -0.05) is 36.4 Å². The number of amides is 2. The third kappa shape index (κ3) is 4.71. The number of para-hydroxylation sites is 1. The van der Waals surface area contributed by atoms with E-state index in [-0.39, 0.29) is 17.9 Å². The van der Waals surface area contributed by atoms with Gasteiger partial charge in [-0.25, -0.2) is 4.68 Å². The van der Waals surface area contributed by atoms with Crippen LogP contribution in [-0.2, 0) is 11.2 Å². The third-order valence-electron chi connectivity index (χ3n) is 5.19. The minimum Gasteiger partial charge on any atom is -0.353 e. The molecule has 0 saturated carbocycles. The summed E-state index contributed by atoms with van der Waals surface area (Å²) >= 11 is 0. The maximum absolute atomic E-state index is 12.5. The molecule has 0 atom stereocenters. The van der Waals surface area contributed by atoms with Crippen LogP contribution in [-0.4, -0.2) is 45.6 Å². The van der Waals surface area contributed by atoms with Crippen LogP contribution in [0.1, 0.15) is 28.8 Å². The molecule has 1 fully saturated rings. The summed E-state index contributed by atoms with van der Waals surface area (Å²) in [5.74, 6) is 0.0501. The number of carbonyl (C=O) groups is 2. The fourth-order valence-corrected chi connectivity index (χ4v) is 3.63. The molecule has 0 aliphatic carbocycles. The maximum Gasteiger partial charge on any atom is 0.253 e. The molecule has 0 radical (unpaired) electrons. The van der Waals surface area contributed by atoms with E-state index in [4.69, 9.17) is 0 Å². The van der Waals surface area contributed by atoms with Gasteiger partial charge in [0.1, 0.15) is 0 Å². The van der Waals surface area contributed by atoms with Gasteiger partial charge in [-0.05, 0) is 42.7 Å². The molecule has 2 aromatic carbocycles. The number of piperidine rings is 1. The van der Waals surface area contributed by atoms with Crippen molar-refractivity contribution in [3.63, 3.8) is 0 Å². The first-order valence-electron chi connectivity index (χ1n) is 9.92. The number of carbonyl (C=O) groups excluding carboxylic acids is 2. The van der Waals surface area contributed by atoms with E-state index in [1.807, 2.05) is 71.8 Å². The van der Waals surface area contributed by atoms with E-state index >= 15 is 0 Å². The second-order valence-corrected chi connectivity index (χ2v) is 7.31. The quantitative estimate of drug-likeness (QED) is 0.731. The van der Waals surface area contributed by atoms with E-state index in [9.17, 15) is 9.59 Å². The highest BCUT2D eigenvalue weighted by Gasteiger charge is 2.24. The number of hydrogen-bond donors (Lipinski definition) is 1. The van der Waals surface area contributed by atoms with E-state index in [1.54, 1.807) is 10.9 Å². The standard InChI is InChI=1S/C23H24N4O2/c28-22(15-18-16-24-27(17-18)21-9-5-2-6-10-21)25-20-11-13-26(14-12-20)23(29)19-7-3-1-4-8-19/h1-10,16-17,20H,11-15H2,(H,25,28). The van der Waals surface area contributed by atoms with Gasteiger partial charge in [-0.2, -0.15) is 5.10 Å². The van der Waals surface area contributed by atoms with Crippen LogP contribution in [0.3, 0.4) is 0 Å². The molecule has 0 unspecified atom stereocenters. The molecular formula is C23H24N4O2.